The molecule has 0 radical (unpaired) electrons. The zero-order valence-corrected chi connectivity index (χ0v) is 22.3. The van der Waals surface area contributed by atoms with Crippen molar-refractivity contribution in [1.82, 2.24) is 9.80 Å². The summed E-state index contributed by atoms with van der Waals surface area (Å²) in [6.07, 6.45) is 1.35. The van der Waals surface area contributed by atoms with Gasteiger partial charge in [0.15, 0.2) is 5.43 Å². The molecule has 0 aliphatic heterocycles. The third kappa shape index (κ3) is 6.54. The second-order valence-electron chi connectivity index (χ2n) is 8.66. The summed E-state index contributed by atoms with van der Waals surface area (Å²) in [6, 6.07) is 19.6. The fourth-order valence-electron chi connectivity index (χ4n) is 4.00. The van der Waals surface area contributed by atoms with Crippen LogP contribution < -0.4 is 5.43 Å². The molecule has 0 bridgehead atoms. The predicted molar refractivity (Wildman–Crippen MR) is 145 cm³/mol. The summed E-state index contributed by atoms with van der Waals surface area (Å²) in [5.41, 5.74) is 1.58. The fraction of sp³-hybridized carbons (Fsp3) is 0.207. The Morgan fingerprint density at radius 1 is 0.947 bits per heavy atom. The van der Waals surface area contributed by atoms with Crippen LogP contribution in [-0.2, 0) is 22.6 Å². The van der Waals surface area contributed by atoms with Crippen LogP contribution in [0, 0.1) is 5.82 Å². The molecule has 0 aliphatic carbocycles. The quantitative estimate of drug-likeness (QED) is 0.263. The molecule has 1 heterocycles. The Kier molecular flexibility index (Phi) is 9.04. The lowest BCUT2D eigenvalue weighted by Gasteiger charge is -2.28. The van der Waals surface area contributed by atoms with Crippen molar-refractivity contribution in [3.05, 3.63) is 116 Å². The standard InChI is InChI=1S/C29H26BrFN2O5/c1-37-15-14-32(29(36)23-6-2-4-8-25(23)30)18-27(34)33(16-20-10-12-22(31)13-11-20)17-21-19-38-26-9-5-3-7-24(26)28(21)35/h2-13,19H,14-18H2,1H3. The van der Waals surface area contributed by atoms with Crippen molar-refractivity contribution in [3.63, 3.8) is 0 Å². The smallest absolute Gasteiger partial charge is 0.255 e. The Bertz CT molecular complexity index is 1490. The molecular formula is C29H26BrFN2O5. The molecule has 0 saturated carbocycles. The number of hydrogen-bond donors (Lipinski definition) is 0. The number of benzene rings is 3. The summed E-state index contributed by atoms with van der Waals surface area (Å²) in [5.74, 6) is -1.13. The predicted octanol–water partition coefficient (Wildman–Crippen LogP) is 5.01. The molecule has 0 spiro atoms. The molecule has 2 amide bonds. The number of hydrogen-bond acceptors (Lipinski definition) is 5. The number of carbonyl (C=O) groups excluding carboxylic acids is 2. The summed E-state index contributed by atoms with van der Waals surface area (Å²) in [6.45, 7) is 0.224. The van der Waals surface area contributed by atoms with E-state index in [9.17, 15) is 18.8 Å². The van der Waals surface area contributed by atoms with E-state index in [0.717, 1.165) is 0 Å². The Morgan fingerprint density at radius 2 is 1.66 bits per heavy atom. The first kappa shape index (κ1) is 27.2. The molecule has 0 unspecified atom stereocenters. The lowest BCUT2D eigenvalue weighted by molar-refractivity contribution is -0.133. The van der Waals surface area contributed by atoms with Crippen LogP contribution in [0.2, 0.25) is 0 Å². The molecule has 0 fully saturated rings. The molecule has 1 aromatic heterocycles. The highest BCUT2D eigenvalue weighted by Gasteiger charge is 2.25. The highest BCUT2D eigenvalue weighted by atomic mass is 79.9. The number of fused-ring (bicyclic) bond motifs is 1. The first-order valence-corrected chi connectivity index (χ1v) is 12.7. The number of amides is 2. The van der Waals surface area contributed by atoms with Crippen LogP contribution in [0.1, 0.15) is 21.5 Å². The second-order valence-corrected chi connectivity index (χ2v) is 9.52. The summed E-state index contributed by atoms with van der Waals surface area (Å²) in [7, 11) is 1.52. The van der Waals surface area contributed by atoms with E-state index >= 15 is 0 Å². The van der Waals surface area contributed by atoms with Crippen LogP contribution in [0.3, 0.4) is 0 Å². The van der Waals surface area contributed by atoms with E-state index in [0.29, 0.717) is 32.1 Å². The van der Waals surface area contributed by atoms with E-state index in [2.05, 4.69) is 15.9 Å². The minimum atomic E-state index is -0.397. The van der Waals surface area contributed by atoms with Crippen molar-refractivity contribution in [2.24, 2.45) is 0 Å². The van der Waals surface area contributed by atoms with E-state index in [1.54, 1.807) is 60.7 Å². The molecule has 196 valence electrons. The van der Waals surface area contributed by atoms with Gasteiger partial charge in [-0.25, -0.2) is 4.39 Å². The zero-order valence-electron chi connectivity index (χ0n) is 20.7. The van der Waals surface area contributed by atoms with Gasteiger partial charge in [-0.2, -0.15) is 0 Å². The van der Waals surface area contributed by atoms with Crippen LogP contribution >= 0.6 is 15.9 Å². The van der Waals surface area contributed by atoms with Crippen molar-refractivity contribution in [2.75, 3.05) is 26.8 Å². The summed E-state index contributed by atoms with van der Waals surface area (Å²) in [4.78, 5) is 43.0. The Hall–Kier alpha value is -3.82. The van der Waals surface area contributed by atoms with Crippen LogP contribution in [0.4, 0.5) is 4.39 Å². The number of rotatable bonds is 10. The van der Waals surface area contributed by atoms with Crippen LogP contribution in [0.5, 0.6) is 0 Å². The van der Waals surface area contributed by atoms with Crippen LogP contribution in [0.25, 0.3) is 11.0 Å². The molecule has 9 heteroatoms. The molecule has 4 aromatic rings. The van der Waals surface area contributed by atoms with Gasteiger partial charge in [0.25, 0.3) is 5.91 Å². The van der Waals surface area contributed by atoms with E-state index in [1.807, 2.05) is 0 Å². The zero-order chi connectivity index (χ0) is 27.1. The SMILES string of the molecule is COCCN(CC(=O)N(Cc1ccc(F)cc1)Cc1coc2ccccc2c1=O)C(=O)c1ccccc1Br. The van der Waals surface area contributed by atoms with Gasteiger partial charge in [-0.15, -0.1) is 0 Å². The first-order chi connectivity index (χ1) is 18.4. The lowest BCUT2D eigenvalue weighted by Crippen LogP contribution is -2.44. The normalized spacial score (nSPS) is 10.9. The molecule has 0 aliphatic rings. The van der Waals surface area contributed by atoms with Gasteiger partial charge in [0.1, 0.15) is 17.9 Å². The first-order valence-electron chi connectivity index (χ1n) is 11.9. The van der Waals surface area contributed by atoms with Gasteiger partial charge in [0.2, 0.25) is 5.91 Å². The number of carbonyl (C=O) groups is 2. The molecule has 38 heavy (non-hydrogen) atoms. The number of ether oxygens (including phenoxy) is 1. The summed E-state index contributed by atoms with van der Waals surface area (Å²) in [5, 5.41) is 0.407. The van der Waals surface area contributed by atoms with Crippen molar-refractivity contribution in [3.8, 4) is 0 Å². The highest BCUT2D eigenvalue weighted by Crippen LogP contribution is 2.19. The molecule has 3 aromatic carbocycles. The molecule has 7 nitrogen and oxygen atoms in total. The molecule has 0 N–H and O–H groups in total. The maximum Gasteiger partial charge on any atom is 0.255 e. The average Bonchev–Trinajstić information content (AvgIpc) is 2.93. The van der Waals surface area contributed by atoms with Gasteiger partial charge in [0.05, 0.1) is 35.9 Å². The van der Waals surface area contributed by atoms with Crippen molar-refractivity contribution in [2.45, 2.75) is 13.1 Å². The molecule has 0 atom stereocenters. The number of halogens is 2. The Labute approximate surface area is 227 Å². The van der Waals surface area contributed by atoms with E-state index in [4.69, 9.17) is 9.15 Å². The maximum absolute atomic E-state index is 13.7. The largest absolute Gasteiger partial charge is 0.464 e. The summed E-state index contributed by atoms with van der Waals surface area (Å²) >= 11 is 3.40. The van der Waals surface area contributed by atoms with Crippen LogP contribution in [0.15, 0.2) is 92.7 Å². The van der Waals surface area contributed by atoms with Gasteiger partial charge in [-0.3, -0.25) is 14.4 Å². The van der Waals surface area contributed by atoms with E-state index < -0.39 is 11.7 Å². The summed E-state index contributed by atoms with van der Waals surface area (Å²) < 4.78 is 24.9. The van der Waals surface area contributed by atoms with Gasteiger partial charge in [-0.05, 0) is 57.9 Å². The number of methoxy groups -OCH3 is 1. The second kappa shape index (κ2) is 12.6. The Morgan fingerprint density at radius 3 is 2.39 bits per heavy atom. The number of nitrogens with zero attached hydrogens (tertiary/aromatic N) is 2. The number of para-hydroxylation sites is 1. The van der Waals surface area contributed by atoms with Crippen molar-refractivity contribution >= 4 is 38.7 Å². The molecule has 0 saturated heterocycles. The third-order valence-corrected chi connectivity index (χ3v) is 6.73. The van der Waals surface area contributed by atoms with E-state index in [1.165, 1.54) is 35.3 Å². The van der Waals surface area contributed by atoms with Gasteiger partial charge < -0.3 is 19.0 Å². The van der Waals surface area contributed by atoms with Gasteiger partial charge >= 0.3 is 0 Å². The molecule has 4 rings (SSSR count). The minimum absolute atomic E-state index is 0.0509. The van der Waals surface area contributed by atoms with Gasteiger partial charge in [-0.1, -0.05) is 36.4 Å². The van der Waals surface area contributed by atoms with Crippen LogP contribution in [-0.4, -0.2) is 48.4 Å². The fourth-order valence-corrected chi connectivity index (χ4v) is 4.45. The highest BCUT2D eigenvalue weighted by molar-refractivity contribution is 9.10. The third-order valence-electron chi connectivity index (χ3n) is 6.04. The van der Waals surface area contributed by atoms with Crippen molar-refractivity contribution < 1.29 is 23.1 Å². The topological polar surface area (TPSA) is 80.1 Å². The monoisotopic (exact) mass is 580 g/mol. The van der Waals surface area contributed by atoms with Gasteiger partial charge in [0, 0.05) is 24.7 Å². The van der Waals surface area contributed by atoms with E-state index in [-0.39, 0.29) is 44.1 Å². The minimum Gasteiger partial charge on any atom is -0.464 e. The Balaban J connectivity index is 1.64. The maximum atomic E-state index is 13.7. The molecular weight excluding hydrogens is 555 g/mol. The average molecular weight is 581 g/mol. The van der Waals surface area contributed by atoms with Crippen molar-refractivity contribution in [1.29, 1.82) is 0 Å². The lowest BCUT2D eigenvalue weighted by atomic mass is 10.1.